The van der Waals surface area contributed by atoms with Gasteiger partial charge in [-0.1, -0.05) is 20.3 Å². The summed E-state index contributed by atoms with van der Waals surface area (Å²) in [5.74, 6) is 0.0543. The molecule has 0 unspecified atom stereocenters. The number of nitrogens with zero attached hydrogens (tertiary/aromatic N) is 3. The Kier molecular flexibility index (Phi) is 3.15. The van der Waals surface area contributed by atoms with E-state index in [1.807, 2.05) is 6.07 Å². The number of hydrogen-bond acceptors (Lipinski definition) is 4. The fraction of sp³-hybridized carbons (Fsp3) is 0.455. The zero-order chi connectivity index (χ0) is 12.5. The van der Waals surface area contributed by atoms with Crippen molar-refractivity contribution in [2.45, 2.75) is 31.7 Å². The summed E-state index contributed by atoms with van der Waals surface area (Å²) >= 11 is 0. The molecule has 0 aliphatic heterocycles. The molecule has 0 saturated heterocycles. The SMILES string of the molecule is CCCc1ccc2nc(S(=O)(=O)CC)cn2n1. The van der Waals surface area contributed by atoms with Crippen molar-refractivity contribution in [3.63, 3.8) is 0 Å². The van der Waals surface area contributed by atoms with Crippen LogP contribution in [0.2, 0.25) is 0 Å². The normalized spacial score (nSPS) is 12.1. The van der Waals surface area contributed by atoms with E-state index in [0.717, 1.165) is 18.5 Å². The topological polar surface area (TPSA) is 64.3 Å². The van der Waals surface area contributed by atoms with Gasteiger partial charge in [-0.25, -0.2) is 17.9 Å². The van der Waals surface area contributed by atoms with Crippen molar-refractivity contribution >= 4 is 15.5 Å². The van der Waals surface area contributed by atoms with Crippen LogP contribution in [0, 0.1) is 0 Å². The summed E-state index contributed by atoms with van der Waals surface area (Å²) in [6, 6.07) is 3.68. The van der Waals surface area contributed by atoms with Crippen LogP contribution in [-0.2, 0) is 16.3 Å². The molecule has 0 aliphatic carbocycles. The van der Waals surface area contributed by atoms with Gasteiger partial charge in [-0.05, 0) is 18.6 Å². The summed E-state index contributed by atoms with van der Waals surface area (Å²) in [5, 5.41) is 4.42. The Bertz CT molecular complexity index is 631. The Morgan fingerprint density at radius 1 is 1.29 bits per heavy atom. The number of fused-ring (bicyclic) bond motifs is 1. The van der Waals surface area contributed by atoms with Gasteiger partial charge in [0.15, 0.2) is 20.5 Å². The summed E-state index contributed by atoms with van der Waals surface area (Å²) in [5.41, 5.74) is 1.51. The van der Waals surface area contributed by atoms with Gasteiger partial charge in [0.05, 0.1) is 17.6 Å². The highest BCUT2D eigenvalue weighted by Crippen LogP contribution is 2.12. The van der Waals surface area contributed by atoms with E-state index in [1.54, 1.807) is 13.0 Å². The van der Waals surface area contributed by atoms with E-state index in [0.29, 0.717) is 5.65 Å². The molecule has 0 aliphatic rings. The first-order valence-corrected chi connectivity index (χ1v) is 7.30. The minimum Gasteiger partial charge on any atom is -0.222 e. The molecule has 0 radical (unpaired) electrons. The molecule has 0 saturated carbocycles. The van der Waals surface area contributed by atoms with Crippen molar-refractivity contribution in [2.75, 3.05) is 5.75 Å². The molecule has 2 aromatic rings. The van der Waals surface area contributed by atoms with Gasteiger partial charge in [0, 0.05) is 0 Å². The van der Waals surface area contributed by atoms with Crippen molar-refractivity contribution in [3.05, 3.63) is 24.0 Å². The van der Waals surface area contributed by atoms with Crippen LogP contribution in [0.25, 0.3) is 5.65 Å². The van der Waals surface area contributed by atoms with Crippen LogP contribution >= 0.6 is 0 Å². The maximum atomic E-state index is 11.7. The Balaban J connectivity index is 2.51. The van der Waals surface area contributed by atoms with Gasteiger partial charge in [-0.2, -0.15) is 5.10 Å². The second kappa shape index (κ2) is 4.44. The lowest BCUT2D eigenvalue weighted by Crippen LogP contribution is -2.03. The van der Waals surface area contributed by atoms with Gasteiger partial charge in [0.1, 0.15) is 0 Å². The van der Waals surface area contributed by atoms with Gasteiger partial charge in [-0.3, -0.25) is 0 Å². The summed E-state index contributed by atoms with van der Waals surface area (Å²) in [4.78, 5) is 4.07. The molecule has 2 rings (SSSR count). The minimum atomic E-state index is -3.26. The molecule has 0 aromatic carbocycles. The van der Waals surface area contributed by atoms with Gasteiger partial charge in [0.25, 0.3) is 0 Å². The predicted octanol–water partition coefficient (Wildman–Crippen LogP) is 1.48. The molecular weight excluding hydrogens is 238 g/mol. The number of aryl methyl sites for hydroxylation is 1. The van der Waals surface area contributed by atoms with E-state index in [-0.39, 0.29) is 10.8 Å². The molecule has 2 aromatic heterocycles. The molecule has 5 nitrogen and oxygen atoms in total. The van der Waals surface area contributed by atoms with Gasteiger partial charge >= 0.3 is 0 Å². The lowest BCUT2D eigenvalue weighted by Gasteiger charge is -1.97. The first-order chi connectivity index (χ1) is 8.06. The number of imidazole rings is 1. The van der Waals surface area contributed by atoms with Gasteiger partial charge < -0.3 is 0 Å². The van der Waals surface area contributed by atoms with Crippen molar-refractivity contribution in [1.29, 1.82) is 0 Å². The smallest absolute Gasteiger partial charge is 0.196 e. The van der Waals surface area contributed by atoms with E-state index in [4.69, 9.17) is 0 Å². The van der Waals surface area contributed by atoms with Crippen molar-refractivity contribution in [1.82, 2.24) is 14.6 Å². The Morgan fingerprint density at radius 2 is 2.06 bits per heavy atom. The molecule has 0 atom stereocenters. The zero-order valence-corrected chi connectivity index (χ0v) is 10.7. The number of aromatic nitrogens is 3. The fourth-order valence-corrected chi connectivity index (χ4v) is 2.38. The van der Waals surface area contributed by atoms with Crippen LogP contribution in [0.15, 0.2) is 23.4 Å². The second-order valence-electron chi connectivity index (χ2n) is 3.86. The first-order valence-electron chi connectivity index (χ1n) is 5.65. The summed E-state index contributed by atoms with van der Waals surface area (Å²) in [6.45, 7) is 3.68. The number of sulfone groups is 1. The Labute approximate surface area is 100 Å². The molecule has 6 heteroatoms. The minimum absolute atomic E-state index is 0.0543. The molecule has 0 amide bonds. The van der Waals surface area contributed by atoms with Crippen LogP contribution in [0.4, 0.5) is 0 Å². The average Bonchev–Trinajstić information content (AvgIpc) is 2.73. The summed E-state index contributed by atoms with van der Waals surface area (Å²) < 4.78 is 24.9. The molecule has 2 heterocycles. The van der Waals surface area contributed by atoms with E-state index >= 15 is 0 Å². The highest BCUT2D eigenvalue weighted by atomic mass is 32.2. The number of rotatable bonds is 4. The van der Waals surface area contributed by atoms with E-state index in [1.165, 1.54) is 10.7 Å². The largest absolute Gasteiger partial charge is 0.222 e. The van der Waals surface area contributed by atoms with E-state index < -0.39 is 9.84 Å². The fourth-order valence-electron chi connectivity index (χ4n) is 1.59. The Hall–Kier alpha value is -1.43. The molecule has 0 spiro atoms. The Morgan fingerprint density at radius 3 is 2.71 bits per heavy atom. The third-order valence-electron chi connectivity index (χ3n) is 2.56. The van der Waals surface area contributed by atoms with Gasteiger partial charge in [0.2, 0.25) is 0 Å². The maximum Gasteiger partial charge on any atom is 0.196 e. The zero-order valence-electron chi connectivity index (χ0n) is 9.92. The third kappa shape index (κ3) is 2.31. The molecule has 0 bridgehead atoms. The molecule has 17 heavy (non-hydrogen) atoms. The average molecular weight is 253 g/mol. The second-order valence-corrected chi connectivity index (χ2v) is 6.09. The highest BCUT2D eigenvalue weighted by molar-refractivity contribution is 7.91. The maximum absolute atomic E-state index is 11.7. The first kappa shape index (κ1) is 12.0. The molecule has 0 fully saturated rings. The van der Waals surface area contributed by atoms with Crippen LogP contribution < -0.4 is 0 Å². The lowest BCUT2D eigenvalue weighted by atomic mass is 10.2. The summed E-state index contributed by atoms with van der Waals surface area (Å²) in [7, 11) is -3.26. The van der Waals surface area contributed by atoms with Gasteiger partial charge in [-0.15, -0.1) is 0 Å². The van der Waals surface area contributed by atoms with E-state index in [2.05, 4.69) is 17.0 Å². The van der Waals surface area contributed by atoms with Crippen molar-refractivity contribution < 1.29 is 8.42 Å². The lowest BCUT2D eigenvalue weighted by molar-refractivity contribution is 0.594. The quantitative estimate of drug-likeness (QED) is 0.827. The van der Waals surface area contributed by atoms with Crippen LogP contribution in [-0.4, -0.2) is 28.8 Å². The summed E-state index contributed by atoms with van der Waals surface area (Å²) in [6.07, 6.45) is 3.37. The highest BCUT2D eigenvalue weighted by Gasteiger charge is 2.16. The van der Waals surface area contributed by atoms with Crippen molar-refractivity contribution in [3.8, 4) is 0 Å². The predicted molar refractivity (Wildman–Crippen MR) is 64.7 cm³/mol. The number of hydrogen-bond donors (Lipinski definition) is 0. The monoisotopic (exact) mass is 253 g/mol. The molecular formula is C11H15N3O2S. The molecule has 92 valence electrons. The van der Waals surface area contributed by atoms with Crippen LogP contribution in [0.1, 0.15) is 26.0 Å². The third-order valence-corrected chi connectivity index (χ3v) is 4.15. The van der Waals surface area contributed by atoms with Crippen LogP contribution in [0.5, 0.6) is 0 Å². The van der Waals surface area contributed by atoms with Crippen LogP contribution in [0.3, 0.4) is 0 Å². The van der Waals surface area contributed by atoms with E-state index in [9.17, 15) is 8.42 Å². The van der Waals surface area contributed by atoms with Crippen molar-refractivity contribution in [2.24, 2.45) is 0 Å². The standard InChI is InChI=1S/C11H15N3O2S/c1-3-5-9-6-7-10-12-11(8-14(10)13-9)17(15,16)4-2/h6-8H,3-5H2,1-2H3. The molecule has 0 N–H and O–H groups in total.